The summed E-state index contributed by atoms with van der Waals surface area (Å²) in [5.41, 5.74) is 2.86. The van der Waals surface area contributed by atoms with Crippen LogP contribution in [0.15, 0.2) is 71.3 Å². The smallest absolute Gasteiger partial charge is 0.338 e. The molecule has 6 nitrogen and oxygen atoms in total. The predicted molar refractivity (Wildman–Crippen MR) is 98.8 cm³/mol. The molecule has 26 heavy (non-hydrogen) atoms. The van der Waals surface area contributed by atoms with Crippen molar-refractivity contribution in [3.05, 3.63) is 78.3 Å². The largest absolute Gasteiger partial charge is 0.462 e. The van der Waals surface area contributed by atoms with Gasteiger partial charge in [0.25, 0.3) is 5.91 Å². The molecule has 0 saturated carbocycles. The van der Waals surface area contributed by atoms with Crippen LogP contribution in [0, 0.1) is 0 Å². The van der Waals surface area contributed by atoms with Gasteiger partial charge in [-0.15, -0.1) is 0 Å². The lowest BCUT2D eigenvalue weighted by Gasteiger charge is -2.09. The Labute approximate surface area is 150 Å². The minimum Gasteiger partial charge on any atom is -0.462 e. The van der Waals surface area contributed by atoms with E-state index < -0.39 is 0 Å². The molecular weight excluding hydrogens is 332 g/mol. The molecule has 0 unspecified atom stereocenters. The summed E-state index contributed by atoms with van der Waals surface area (Å²) in [7, 11) is 0. The van der Waals surface area contributed by atoms with Crippen LogP contribution in [0.1, 0.15) is 27.8 Å². The van der Waals surface area contributed by atoms with Gasteiger partial charge in [0, 0.05) is 17.1 Å². The molecule has 0 fully saturated rings. The first kappa shape index (κ1) is 17.3. The lowest BCUT2D eigenvalue weighted by molar-refractivity contribution is 0.0526. The normalized spacial score (nSPS) is 10.2. The molecule has 3 rings (SSSR count). The van der Waals surface area contributed by atoms with Crippen molar-refractivity contribution in [3.8, 4) is 0 Å². The molecule has 1 heterocycles. The van der Waals surface area contributed by atoms with Crippen LogP contribution in [0.3, 0.4) is 0 Å². The van der Waals surface area contributed by atoms with Gasteiger partial charge in [-0.3, -0.25) is 4.79 Å². The van der Waals surface area contributed by atoms with E-state index in [9.17, 15) is 9.59 Å². The van der Waals surface area contributed by atoms with E-state index in [0.29, 0.717) is 17.9 Å². The first-order valence-electron chi connectivity index (χ1n) is 8.15. The van der Waals surface area contributed by atoms with E-state index in [4.69, 9.17) is 9.15 Å². The van der Waals surface area contributed by atoms with Gasteiger partial charge in [-0.2, -0.15) is 0 Å². The fraction of sp³-hybridized carbons (Fsp3) is 0.100. The van der Waals surface area contributed by atoms with Crippen molar-refractivity contribution in [1.82, 2.24) is 0 Å². The van der Waals surface area contributed by atoms with Gasteiger partial charge in [0.05, 0.1) is 18.4 Å². The van der Waals surface area contributed by atoms with Crippen molar-refractivity contribution in [3.63, 3.8) is 0 Å². The SMILES string of the molecule is CCOC(=O)c1ccc(Nc2ccc(NC(=O)c3ccco3)cc2)cc1. The van der Waals surface area contributed by atoms with Gasteiger partial charge in [0.2, 0.25) is 0 Å². The van der Waals surface area contributed by atoms with Crippen molar-refractivity contribution in [2.24, 2.45) is 0 Å². The highest BCUT2D eigenvalue weighted by Crippen LogP contribution is 2.20. The Balaban J connectivity index is 1.60. The minimum absolute atomic E-state index is 0.258. The van der Waals surface area contributed by atoms with Gasteiger partial charge in [-0.05, 0) is 67.6 Å². The molecule has 3 aromatic rings. The summed E-state index contributed by atoms with van der Waals surface area (Å²) in [6, 6.07) is 17.6. The van der Waals surface area contributed by atoms with E-state index in [2.05, 4.69) is 10.6 Å². The van der Waals surface area contributed by atoms with Gasteiger partial charge in [0.1, 0.15) is 0 Å². The summed E-state index contributed by atoms with van der Waals surface area (Å²) in [6.45, 7) is 2.12. The second-order valence-corrected chi connectivity index (χ2v) is 5.43. The molecule has 6 heteroatoms. The second-order valence-electron chi connectivity index (χ2n) is 5.43. The maximum absolute atomic E-state index is 11.9. The first-order valence-corrected chi connectivity index (χ1v) is 8.15. The fourth-order valence-electron chi connectivity index (χ4n) is 2.31. The number of ether oxygens (including phenoxy) is 1. The predicted octanol–water partition coefficient (Wildman–Crippen LogP) is 4.45. The van der Waals surface area contributed by atoms with E-state index in [1.807, 2.05) is 12.1 Å². The molecule has 1 amide bonds. The molecule has 1 aromatic heterocycles. The number of anilines is 3. The average molecular weight is 350 g/mol. The van der Waals surface area contributed by atoms with Gasteiger partial charge in [0.15, 0.2) is 5.76 Å². The second kappa shape index (κ2) is 8.02. The molecule has 2 aromatic carbocycles. The zero-order valence-electron chi connectivity index (χ0n) is 14.2. The zero-order chi connectivity index (χ0) is 18.4. The number of carbonyl (C=O) groups is 2. The Hall–Kier alpha value is -3.54. The Morgan fingerprint density at radius 2 is 1.54 bits per heavy atom. The number of hydrogen-bond acceptors (Lipinski definition) is 5. The molecular formula is C20H18N2O4. The molecule has 0 aliphatic rings. The number of hydrogen-bond donors (Lipinski definition) is 2. The molecule has 0 atom stereocenters. The van der Waals surface area contributed by atoms with Crippen LogP contribution in [0.4, 0.5) is 17.1 Å². The van der Waals surface area contributed by atoms with E-state index >= 15 is 0 Å². The molecule has 0 saturated heterocycles. The highest BCUT2D eigenvalue weighted by molar-refractivity contribution is 6.02. The Kier molecular flexibility index (Phi) is 5.34. The van der Waals surface area contributed by atoms with Crippen LogP contribution >= 0.6 is 0 Å². The Bertz CT molecular complexity index is 869. The summed E-state index contributed by atoms with van der Waals surface area (Å²) in [4.78, 5) is 23.6. The van der Waals surface area contributed by atoms with E-state index in [0.717, 1.165) is 11.4 Å². The number of nitrogens with one attached hydrogen (secondary N) is 2. The third-order valence-corrected chi connectivity index (χ3v) is 3.57. The first-order chi connectivity index (χ1) is 12.7. The zero-order valence-corrected chi connectivity index (χ0v) is 14.2. The summed E-state index contributed by atoms with van der Waals surface area (Å²) in [5, 5.41) is 5.98. The molecule has 0 aliphatic heterocycles. The van der Waals surface area contributed by atoms with E-state index in [-0.39, 0.29) is 17.6 Å². The monoisotopic (exact) mass is 350 g/mol. The van der Waals surface area contributed by atoms with Crippen LogP contribution in [-0.2, 0) is 4.74 Å². The summed E-state index contributed by atoms with van der Waals surface area (Å²) >= 11 is 0. The van der Waals surface area contributed by atoms with E-state index in [1.54, 1.807) is 55.5 Å². The van der Waals surface area contributed by atoms with Crippen LogP contribution in [0.2, 0.25) is 0 Å². The quantitative estimate of drug-likeness (QED) is 0.642. The van der Waals surface area contributed by atoms with Crippen molar-refractivity contribution in [2.45, 2.75) is 6.92 Å². The van der Waals surface area contributed by atoms with Crippen molar-refractivity contribution < 1.29 is 18.7 Å². The summed E-state index contributed by atoms with van der Waals surface area (Å²) in [6.07, 6.45) is 1.45. The van der Waals surface area contributed by atoms with Crippen LogP contribution in [0.25, 0.3) is 0 Å². The lowest BCUT2D eigenvalue weighted by atomic mass is 10.2. The number of benzene rings is 2. The standard InChI is InChI=1S/C20H18N2O4/c1-2-25-20(24)14-5-7-15(8-6-14)21-16-9-11-17(12-10-16)22-19(23)18-4-3-13-26-18/h3-13,21H,2H2,1H3,(H,22,23). The van der Waals surface area contributed by atoms with Gasteiger partial charge in [-0.25, -0.2) is 4.79 Å². The number of furan rings is 1. The van der Waals surface area contributed by atoms with Gasteiger partial charge < -0.3 is 19.8 Å². The van der Waals surface area contributed by atoms with E-state index in [1.165, 1.54) is 6.26 Å². The molecule has 0 spiro atoms. The van der Waals surface area contributed by atoms with Crippen LogP contribution < -0.4 is 10.6 Å². The Morgan fingerprint density at radius 1 is 0.923 bits per heavy atom. The summed E-state index contributed by atoms with van der Waals surface area (Å²) < 4.78 is 10.0. The highest BCUT2D eigenvalue weighted by atomic mass is 16.5. The molecule has 0 bridgehead atoms. The van der Waals surface area contributed by atoms with Crippen LogP contribution in [0.5, 0.6) is 0 Å². The minimum atomic E-state index is -0.337. The topological polar surface area (TPSA) is 80.6 Å². The van der Waals surface area contributed by atoms with Crippen molar-refractivity contribution >= 4 is 28.9 Å². The number of amides is 1. The highest BCUT2D eigenvalue weighted by Gasteiger charge is 2.09. The van der Waals surface area contributed by atoms with Crippen LogP contribution in [-0.4, -0.2) is 18.5 Å². The number of esters is 1. The fourth-order valence-corrected chi connectivity index (χ4v) is 2.31. The lowest BCUT2D eigenvalue weighted by Crippen LogP contribution is -2.10. The molecule has 0 radical (unpaired) electrons. The summed E-state index contributed by atoms with van der Waals surface area (Å²) in [5.74, 6) is -0.380. The third kappa shape index (κ3) is 4.30. The molecule has 0 aliphatic carbocycles. The number of rotatable bonds is 6. The van der Waals surface area contributed by atoms with Gasteiger partial charge in [-0.1, -0.05) is 0 Å². The maximum Gasteiger partial charge on any atom is 0.338 e. The Morgan fingerprint density at radius 3 is 2.12 bits per heavy atom. The maximum atomic E-state index is 11.9. The van der Waals surface area contributed by atoms with Crippen molar-refractivity contribution in [2.75, 3.05) is 17.2 Å². The molecule has 2 N–H and O–H groups in total. The number of carbonyl (C=O) groups excluding carboxylic acids is 2. The third-order valence-electron chi connectivity index (χ3n) is 3.57. The van der Waals surface area contributed by atoms with Crippen molar-refractivity contribution in [1.29, 1.82) is 0 Å². The average Bonchev–Trinajstić information content (AvgIpc) is 3.19. The molecule has 132 valence electrons. The van der Waals surface area contributed by atoms with Gasteiger partial charge >= 0.3 is 5.97 Å².